The third kappa shape index (κ3) is 5.44. The Labute approximate surface area is 137 Å². The summed E-state index contributed by atoms with van der Waals surface area (Å²) in [7, 11) is 7.78. The van der Waals surface area contributed by atoms with Crippen molar-refractivity contribution < 1.29 is 10.2 Å². The van der Waals surface area contributed by atoms with Crippen LogP contribution in [0.15, 0.2) is 0 Å². The molecule has 0 bridgehead atoms. The van der Waals surface area contributed by atoms with Crippen LogP contribution in [0.1, 0.15) is 27.7 Å². The van der Waals surface area contributed by atoms with Crippen LogP contribution >= 0.6 is 0 Å². The second kappa shape index (κ2) is 10.5. The Balaban J connectivity index is 5.36. The van der Waals surface area contributed by atoms with E-state index in [4.69, 9.17) is 0 Å². The molecule has 0 aliphatic carbocycles. The van der Waals surface area contributed by atoms with Gasteiger partial charge < -0.3 is 10.2 Å². The lowest BCUT2D eigenvalue weighted by Crippen LogP contribution is -2.63. The standard InChI is InChI=1S/C16H38N4O2/c1-9-19(10-2)15(17(5)6)13(21)14(22)16(18(7)8)20(11-3)12-4/h13-16,21-22H,9-12H2,1-8H3. The molecule has 0 radical (unpaired) electrons. The van der Waals surface area contributed by atoms with Crippen molar-refractivity contribution in [3.8, 4) is 0 Å². The van der Waals surface area contributed by atoms with Crippen LogP contribution in [-0.2, 0) is 0 Å². The van der Waals surface area contributed by atoms with Crippen molar-refractivity contribution in [1.29, 1.82) is 0 Å². The number of rotatable bonds is 11. The van der Waals surface area contributed by atoms with Crippen molar-refractivity contribution in [2.75, 3.05) is 54.4 Å². The number of nitrogens with zero attached hydrogens (tertiary/aromatic N) is 4. The number of aliphatic hydroxyl groups is 2. The molecule has 0 aliphatic rings. The van der Waals surface area contributed by atoms with E-state index in [1.54, 1.807) is 0 Å². The monoisotopic (exact) mass is 318 g/mol. The van der Waals surface area contributed by atoms with Gasteiger partial charge in [0.15, 0.2) is 0 Å². The lowest BCUT2D eigenvalue weighted by molar-refractivity contribution is -0.130. The van der Waals surface area contributed by atoms with Crippen molar-refractivity contribution in [1.82, 2.24) is 19.6 Å². The molecule has 0 aliphatic heterocycles. The van der Waals surface area contributed by atoms with E-state index in [0.717, 1.165) is 26.2 Å². The van der Waals surface area contributed by atoms with Gasteiger partial charge in [0.25, 0.3) is 0 Å². The van der Waals surface area contributed by atoms with E-state index in [2.05, 4.69) is 37.5 Å². The first kappa shape index (κ1) is 21.8. The maximum Gasteiger partial charge on any atom is 0.112 e. The van der Waals surface area contributed by atoms with Crippen LogP contribution in [0.3, 0.4) is 0 Å². The molecule has 134 valence electrons. The van der Waals surface area contributed by atoms with Gasteiger partial charge in [-0.25, -0.2) is 0 Å². The van der Waals surface area contributed by atoms with Gasteiger partial charge in [0.1, 0.15) is 12.2 Å². The molecular weight excluding hydrogens is 280 g/mol. The summed E-state index contributed by atoms with van der Waals surface area (Å²) in [6.07, 6.45) is -2.10. The highest BCUT2D eigenvalue weighted by molar-refractivity contribution is 4.88. The first-order valence-corrected chi connectivity index (χ1v) is 8.43. The summed E-state index contributed by atoms with van der Waals surface area (Å²) in [5, 5.41) is 21.7. The average molecular weight is 319 g/mol. The predicted octanol–water partition coefficient (Wildman–Crippen LogP) is 0.167. The fourth-order valence-electron chi connectivity index (χ4n) is 3.24. The first-order valence-electron chi connectivity index (χ1n) is 8.43. The third-order valence-electron chi connectivity index (χ3n) is 4.39. The van der Waals surface area contributed by atoms with Crippen LogP contribution in [0.2, 0.25) is 0 Å². The Morgan fingerprint density at radius 2 is 0.818 bits per heavy atom. The van der Waals surface area contributed by atoms with E-state index < -0.39 is 12.2 Å². The topological polar surface area (TPSA) is 53.4 Å². The molecule has 0 saturated heterocycles. The second-order valence-corrected chi connectivity index (χ2v) is 6.18. The molecule has 2 N–H and O–H groups in total. The Morgan fingerprint density at radius 1 is 0.591 bits per heavy atom. The van der Waals surface area contributed by atoms with Crippen LogP contribution in [0.5, 0.6) is 0 Å². The molecular formula is C16H38N4O2. The van der Waals surface area contributed by atoms with Gasteiger partial charge in [-0.1, -0.05) is 27.7 Å². The van der Waals surface area contributed by atoms with Gasteiger partial charge in [-0.2, -0.15) is 0 Å². The van der Waals surface area contributed by atoms with Gasteiger partial charge in [-0.05, 0) is 54.4 Å². The maximum atomic E-state index is 10.9. The Kier molecular flexibility index (Phi) is 10.4. The zero-order chi connectivity index (χ0) is 17.4. The van der Waals surface area contributed by atoms with Gasteiger partial charge in [0.05, 0.1) is 12.3 Å². The van der Waals surface area contributed by atoms with Crippen molar-refractivity contribution in [3.63, 3.8) is 0 Å². The minimum Gasteiger partial charge on any atom is -0.387 e. The lowest BCUT2D eigenvalue weighted by atomic mass is 10.0. The minimum atomic E-state index is -0.845. The van der Waals surface area contributed by atoms with Gasteiger partial charge in [0.2, 0.25) is 0 Å². The molecule has 0 aromatic heterocycles. The largest absolute Gasteiger partial charge is 0.387 e. The van der Waals surface area contributed by atoms with E-state index in [0.29, 0.717) is 0 Å². The Morgan fingerprint density at radius 3 is 0.955 bits per heavy atom. The van der Waals surface area contributed by atoms with Crippen molar-refractivity contribution in [2.24, 2.45) is 0 Å². The molecule has 4 unspecified atom stereocenters. The summed E-state index contributed by atoms with van der Waals surface area (Å²) in [6, 6.07) is 0. The highest BCUT2D eigenvalue weighted by Gasteiger charge is 2.38. The maximum absolute atomic E-state index is 10.9. The quantitative estimate of drug-likeness (QED) is 0.530. The van der Waals surface area contributed by atoms with E-state index >= 15 is 0 Å². The molecule has 6 heteroatoms. The summed E-state index contributed by atoms with van der Waals surface area (Å²) >= 11 is 0. The molecule has 0 amide bonds. The van der Waals surface area contributed by atoms with Gasteiger partial charge in [0, 0.05) is 0 Å². The third-order valence-corrected chi connectivity index (χ3v) is 4.39. The molecule has 0 heterocycles. The van der Waals surface area contributed by atoms with E-state index in [-0.39, 0.29) is 12.3 Å². The van der Waals surface area contributed by atoms with Crippen molar-refractivity contribution in [2.45, 2.75) is 52.2 Å². The molecule has 0 spiro atoms. The van der Waals surface area contributed by atoms with Crippen LogP contribution < -0.4 is 0 Å². The zero-order valence-electron chi connectivity index (χ0n) is 15.8. The lowest BCUT2D eigenvalue weighted by Gasteiger charge is -2.44. The minimum absolute atomic E-state index is 0.206. The van der Waals surface area contributed by atoms with Gasteiger partial charge in [-0.15, -0.1) is 0 Å². The van der Waals surface area contributed by atoms with Crippen molar-refractivity contribution in [3.05, 3.63) is 0 Å². The number of hydrogen-bond donors (Lipinski definition) is 2. The number of hydrogen-bond acceptors (Lipinski definition) is 6. The molecule has 4 atom stereocenters. The van der Waals surface area contributed by atoms with Crippen LogP contribution in [0.25, 0.3) is 0 Å². The summed E-state index contributed by atoms with van der Waals surface area (Å²) in [4.78, 5) is 8.30. The van der Waals surface area contributed by atoms with Crippen molar-refractivity contribution >= 4 is 0 Å². The highest BCUT2D eigenvalue weighted by atomic mass is 16.3. The van der Waals surface area contributed by atoms with E-state index in [9.17, 15) is 10.2 Å². The van der Waals surface area contributed by atoms with Crippen LogP contribution in [0.4, 0.5) is 0 Å². The second-order valence-electron chi connectivity index (χ2n) is 6.18. The molecule has 0 saturated carbocycles. The molecule has 22 heavy (non-hydrogen) atoms. The molecule has 0 fully saturated rings. The molecule has 0 rings (SSSR count). The van der Waals surface area contributed by atoms with Gasteiger partial charge in [-0.3, -0.25) is 19.6 Å². The normalized spacial score (nSPS) is 18.3. The summed E-state index contributed by atoms with van der Waals surface area (Å²) < 4.78 is 0. The average Bonchev–Trinajstić information content (AvgIpc) is 2.47. The predicted molar refractivity (Wildman–Crippen MR) is 92.8 cm³/mol. The fraction of sp³-hybridized carbons (Fsp3) is 1.00. The molecule has 0 aromatic carbocycles. The van der Waals surface area contributed by atoms with E-state index in [1.807, 2.05) is 38.0 Å². The Hall–Kier alpha value is -0.240. The van der Waals surface area contributed by atoms with Crippen LogP contribution in [-0.4, -0.2) is 109 Å². The fourth-order valence-corrected chi connectivity index (χ4v) is 3.24. The highest BCUT2D eigenvalue weighted by Crippen LogP contribution is 2.17. The molecule has 6 nitrogen and oxygen atoms in total. The summed E-state index contributed by atoms with van der Waals surface area (Å²) in [5.41, 5.74) is 0. The SMILES string of the molecule is CCN(CC)C(C(O)C(O)C(N(C)C)N(CC)CC)N(C)C. The summed E-state index contributed by atoms with van der Waals surface area (Å²) in [5.74, 6) is 0. The Bertz CT molecular complexity index is 253. The zero-order valence-corrected chi connectivity index (χ0v) is 15.8. The molecule has 0 aromatic rings. The number of aliphatic hydroxyl groups excluding tert-OH is 2. The summed E-state index contributed by atoms with van der Waals surface area (Å²) in [6.45, 7) is 11.6. The number of likely N-dealkylation sites (N-methyl/N-ethyl adjacent to an activating group) is 4. The smallest absolute Gasteiger partial charge is 0.112 e. The van der Waals surface area contributed by atoms with Crippen LogP contribution in [0, 0.1) is 0 Å². The van der Waals surface area contributed by atoms with Gasteiger partial charge >= 0.3 is 0 Å². The first-order chi connectivity index (χ1) is 10.3. The van der Waals surface area contributed by atoms with E-state index in [1.165, 1.54) is 0 Å².